The van der Waals surface area contributed by atoms with Gasteiger partial charge in [0.15, 0.2) is 0 Å². The molecule has 0 saturated heterocycles. The van der Waals surface area contributed by atoms with Gasteiger partial charge in [0.05, 0.1) is 13.0 Å². The van der Waals surface area contributed by atoms with Gasteiger partial charge < -0.3 is 15.7 Å². The summed E-state index contributed by atoms with van der Waals surface area (Å²) in [5.74, 6) is -0.723. The van der Waals surface area contributed by atoms with E-state index in [4.69, 9.17) is 16.7 Å². The van der Waals surface area contributed by atoms with Crippen molar-refractivity contribution in [3.8, 4) is 0 Å². The maximum absolute atomic E-state index is 13.4. The Labute approximate surface area is 234 Å². The Bertz CT molecular complexity index is 1250. The molecule has 4 rings (SSSR count). The first-order chi connectivity index (χ1) is 18.9. The van der Waals surface area contributed by atoms with Gasteiger partial charge in [-0.15, -0.1) is 0 Å². The van der Waals surface area contributed by atoms with Crippen molar-refractivity contribution in [2.75, 3.05) is 11.4 Å². The van der Waals surface area contributed by atoms with Crippen LogP contribution < -0.4 is 15.5 Å². The van der Waals surface area contributed by atoms with Crippen LogP contribution in [0.4, 0.5) is 10.5 Å². The highest BCUT2D eigenvalue weighted by Gasteiger charge is 2.19. The molecule has 1 aliphatic rings. The summed E-state index contributed by atoms with van der Waals surface area (Å²) in [6, 6.07) is 22.4. The molecule has 1 aliphatic carbocycles. The van der Waals surface area contributed by atoms with Gasteiger partial charge in [0, 0.05) is 29.4 Å². The summed E-state index contributed by atoms with van der Waals surface area (Å²) in [4.78, 5) is 38.1. The predicted molar refractivity (Wildman–Crippen MR) is 153 cm³/mol. The summed E-state index contributed by atoms with van der Waals surface area (Å²) in [5.41, 5.74) is 4.34. The molecule has 1 fully saturated rings. The highest BCUT2D eigenvalue weighted by atomic mass is 35.5. The van der Waals surface area contributed by atoms with Crippen LogP contribution in [0.2, 0.25) is 5.02 Å². The average Bonchev–Trinajstić information content (AvgIpc) is 2.96. The summed E-state index contributed by atoms with van der Waals surface area (Å²) in [6.07, 6.45) is 6.11. The fourth-order valence-corrected chi connectivity index (χ4v) is 4.97. The van der Waals surface area contributed by atoms with Crippen molar-refractivity contribution in [1.82, 2.24) is 10.6 Å². The number of nitrogens with one attached hydrogen (secondary N) is 2. The lowest BCUT2D eigenvalue weighted by Crippen LogP contribution is -2.39. The Morgan fingerprint density at radius 3 is 2.10 bits per heavy atom. The van der Waals surface area contributed by atoms with Crippen molar-refractivity contribution in [3.05, 3.63) is 100 Å². The molecule has 0 bridgehead atoms. The Morgan fingerprint density at radius 2 is 1.46 bits per heavy atom. The zero-order valence-corrected chi connectivity index (χ0v) is 22.6. The molecule has 1 saturated carbocycles. The number of urea groups is 1. The summed E-state index contributed by atoms with van der Waals surface area (Å²) >= 11 is 5.99. The van der Waals surface area contributed by atoms with E-state index in [1.807, 2.05) is 36.4 Å². The van der Waals surface area contributed by atoms with Gasteiger partial charge in [0.2, 0.25) is 0 Å². The molecule has 0 aromatic heterocycles. The van der Waals surface area contributed by atoms with Crippen LogP contribution in [0.25, 0.3) is 0 Å². The monoisotopic (exact) mass is 547 g/mol. The van der Waals surface area contributed by atoms with E-state index in [2.05, 4.69) is 22.8 Å². The van der Waals surface area contributed by atoms with Gasteiger partial charge in [-0.1, -0.05) is 67.3 Å². The lowest BCUT2D eigenvalue weighted by Gasteiger charge is -2.26. The largest absolute Gasteiger partial charge is 0.481 e. The number of hydrogen-bond acceptors (Lipinski definition) is 3. The lowest BCUT2D eigenvalue weighted by atomic mass is 9.84. The molecule has 3 aromatic rings. The van der Waals surface area contributed by atoms with Gasteiger partial charge in [-0.05, 0) is 71.8 Å². The normalized spacial score (nSPS) is 13.5. The van der Waals surface area contributed by atoms with Crippen LogP contribution in [-0.4, -0.2) is 29.6 Å². The third-order valence-electron chi connectivity index (χ3n) is 7.06. The SMILES string of the molecule is O=C(O)CCNC(=O)c1ccc(CN(C(=O)NCc2ccc(Cl)cc2)c2ccc(C3CCCCC3)cc2)cc1. The fraction of sp³-hybridized carbons (Fsp3) is 0.323. The molecule has 3 N–H and O–H groups in total. The van der Waals surface area contributed by atoms with Crippen molar-refractivity contribution < 1.29 is 19.5 Å². The van der Waals surface area contributed by atoms with Crippen LogP contribution in [0.5, 0.6) is 0 Å². The van der Waals surface area contributed by atoms with Crippen LogP contribution in [0, 0.1) is 0 Å². The van der Waals surface area contributed by atoms with E-state index in [0.717, 1.165) is 16.8 Å². The Kier molecular flexibility index (Phi) is 9.97. The molecule has 39 heavy (non-hydrogen) atoms. The van der Waals surface area contributed by atoms with Crippen LogP contribution in [0.1, 0.15) is 71.5 Å². The van der Waals surface area contributed by atoms with Crippen molar-refractivity contribution in [2.24, 2.45) is 0 Å². The third-order valence-corrected chi connectivity index (χ3v) is 7.32. The average molecular weight is 548 g/mol. The molecule has 0 radical (unpaired) electrons. The number of hydrogen-bond donors (Lipinski definition) is 3. The minimum atomic E-state index is -0.966. The summed E-state index contributed by atoms with van der Waals surface area (Å²) in [7, 11) is 0. The molecular weight excluding hydrogens is 514 g/mol. The molecule has 0 unspecified atom stereocenters. The molecule has 7 nitrogen and oxygen atoms in total. The van der Waals surface area contributed by atoms with E-state index in [1.165, 1.54) is 37.7 Å². The van der Waals surface area contributed by atoms with Gasteiger partial charge in [-0.25, -0.2) is 4.79 Å². The molecule has 0 atom stereocenters. The maximum Gasteiger partial charge on any atom is 0.322 e. The standard InChI is InChI=1S/C31H34ClN3O4/c32-27-14-8-22(9-15-27)20-34-31(39)35(28-16-12-25(13-17-28)24-4-2-1-3-5-24)21-23-6-10-26(11-7-23)30(38)33-19-18-29(36)37/h6-17,24H,1-5,18-21H2,(H,33,38)(H,34,39)(H,36,37). The zero-order valence-electron chi connectivity index (χ0n) is 21.9. The lowest BCUT2D eigenvalue weighted by molar-refractivity contribution is -0.136. The number of benzene rings is 3. The number of halogens is 1. The summed E-state index contributed by atoms with van der Waals surface area (Å²) in [6.45, 7) is 0.743. The predicted octanol–water partition coefficient (Wildman–Crippen LogP) is 6.51. The number of rotatable bonds is 10. The molecular formula is C31H34ClN3O4. The van der Waals surface area contributed by atoms with Crippen LogP contribution >= 0.6 is 11.6 Å². The first kappa shape index (κ1) is 28.2. The number of carbonyl (C=O) groups excluding carboxylic acids is 2. The number of aliphatic carboxylic acids is 1. The highest BCUT2D eigenvalue weighted by molar-refractivity contribution is 6.30. The Balaban J connectivity index is 1.47. The Hall–Kier alpha value is -3.84. The van der Waals surface area contributed by atoms with E-state index in [-0.39, 0.29) is 24.9 Å². The van der Waals surface area contributed by atoms with Crippen molar-refractivity contribution in [3.63, 3.8) is 0 Å². The minimum Gasteiger partial charge on any atom is -0.481 e. The number of carboxylic acid groups (broad SMARTS) is 1. The first-order valence-corrected chi connectivity index (χ1v) is 13.8. The Morgan fingerprint density at radius 1 is 0.821 bits per heavy atom. The highest BCUT2D eigenvalue weighted by Crippen LogP contribution is 2.33. The topological polar surface area (TPSA) is 98.7 Å². The summed E-state index contributed by atoms with van der Waals surface area (Å²) in [5, 5.41) is 15.0. The fourth-order valence-electron chi connectivity index (χ4n) is 4.85. The van der Waals surface area contributed by atoms with Gasteiger partial charge in [0.1, 0.15) is 0 Å². The van der Waals surface area contributed by atoms with Crippen LogP contribution in [-0.2, 0) is 17.9 Å². The second-order valence-electron chi connectivity index (χ2n) is 9.89. The van der Waals surface area contributed by atoms with Crippen molar-refractivity contribution in [2.45, 2.75) is 57.5 Å². The quantitative estimate of drug-likeness (QED) is 0.269. The van der Waals surface area contributed by atoms with E-state index in [9.17, 15) is 14.4 Å². The van der Waals surface area contributed by atoms with Crippen LogP contribution in [0.3, 0.4) is 0 Å². The minimum absolute atomic E-state index is 0.0638. The van der Waals surface area contributed by atoms with Gasteiger partial charge in [-0.2, -0.15) is 0 Å². The smallest absolute Gasteiger partial charge is 0.322 e. The molecule has 8 heteroatoms. The molecule has 3 aromatic carbocycles. The molecule has 3 amide bonds. The van der Waals surface area contributed by atoms with Gasteiger partial charge >= 0.3 is 12.0 Å². The van der Waals surface area contributed by atoms with E-state index in [1.54, 1.807) is 29.2 Å². The molecule has 204 valence electrons. The van der Waals surface area contributed by atoms with Crippen molar-refractivity contribution >= 4 is 35.2 Å². The molecule has 0 spiro atoms. The number of carboxylic acids is 1. The number of anilines is 1. The van der Waals surface area contributed by atoms with Gasteiger partial charge in [-0.3, -0.25) is 14.5 Å². The van der Waals surface area contributed by atoms with Crippen molar-refractivity contribution in [1.29, 1.82) is 0 Å². The van der Waals surface area contributed by atoms with Crippen LogP contribution in [0.15, 0.2) is 72.8 Å². The van der Waals surface area contributed by atoms with E-state index >= 15 is 0 Å². The van der Waals surface area contributed by atoms with E-state index in [0.29, 0.717) is 29.6 Å². The number of carbonyl (C=O) groups is 3. The third kappa shape index (κ3) is 8.32. The zero-order chi connectivity index (χ0) is 27.6. The second kappa shape index (κ2) is 13.8. The molecule has 0 aliphatic heterocycles. The number of amides is 3. The first-order valence-electron chi connectivity index (χ1n) is 13.4. The van der Waals surface area contributed by atoms with E-state index < -0.39 is 5.97 Å². The number of nitrogens with zero attached hydrogens (tertiary/aromatic N) is 1. The molecule has 0 heterocycles. The second-order valence-corrected chi connectivity index (χ2v) is 10.3. The maximum atomic E-state index is 13.4. The van der Waals surface area contributed by atoms with Gasteiger partial charge in [0.25, 0.3) is 5.91 Å². The summed E-state index contributed by atoms with van der Waals surface area (Å²) < 4.78 is 0.